The zero-order valence-corrected chi connectivity index (χ0v) is 7.47. The standard InChI is InChI=1S/C8H14F2O2/c1-4-5(11)8(2,3)6(12)7(9)10/h6-7,12H,4H2,1-3H3. The van der Waals surface area contributed by atoms with Gasteiger partial charge < -0.3 is 5.11 Å². The molecule has 0 radical (unpaired) electrons. The first-order chi connectivity index (χ1) is 5.34. The van der Waals surface area contributed by atoms with Crippen molar-refractivity contribution in [3.05, 3.63) is 0 Å². The first-order valence-electron chi connectivity index (χ1n) is 3.83. The van der Waals surface area contributed by atoms with Gasteiger partial charge in [-0.15, -0.1) is 0 Å². The highest BCUT2D eigenvalue weighted by Crippen LogP contribution is 2.27. The van der Waals surface area contributed by atoms with Crippen molar-refractivity contribution >= 4 is 5.78 Å². The fourth-order valence-electron chi connectivity index (χ4n) is 0.936. The minimum Gasteiger partial charge on any atom is -0.386 e. The molecule has 0 bridgehead atoms. The van der Waals surface area contributed by atoms with Crippen molar-refractivity contribution in [3.63, 3.8) is 0 Å². The number of carbonyl (C=O) groups is 1. The molecule has 72 valence electrons. The lowest BCUT2D eigenvalue weighted by atomic mass is 9.81. The smallest absolute Gasteiger partial charge is 0.265 e. The van der Waals surface area contributed by atoms with Crippen LogP contribution < -0.4 is 0 Å². The van der Waals surface area contributed by atoms with Crippen LogP contribution >= 0.6 is 0 Å². The van der Waals surface area contributed by atoms with Crippen molar-refractivity contribution in [3.8, 4) is 0 Å². The molecule has 0 saturated carbocycles. The molecule has 1 unspecified atom stereocenters. The lowest BCUT2D eigenvalue weighted by Crippen LogP contribution is -2.41. The van der Waals surface area contributed by atoms with E-state index in [2.05, 4.69) is 0 Å². The van der Waals surface area contributed by atoms with Crippen molar-refractivity contribution in [1.82, 2.24) is 0 Å². The number of hydrogen-bond acceptors (Lipinski definition) is 2. The van der Waals surface area contributed by atoms with Gasteiger partial charge in [0.1, 0.15) is 11.9 Å². The molecule has 0 rings (SSSR count). The van der Waals surface area contributed by atoms with Gasteiger partial charge in [0, 0.05) is 6.42 Å². The summed E-state index contributed by atoms with van der Waals surface area (Å²) in [6, 6.07) is 0. The monoisotopic (exact) mass is 180 g/mol. The molecular weight excluding hydrogens is 166 g/mol. The van der Waals surface area contributed by atoms with Crippen molar-refractivity contribution < 1.29 is 18.7 Å². The van der Waals surface area contributed by atoms with Gasteiger partial charge in [-0.2, -0.15) is 0 Å². The van der Waals surface area contributed by atoms with Crippen LogP contribution in [0.25, 0.3) is 0 Å². The number of halogens is 2. The molecular formula is C8H14F2O2. The van der Waals surface area contributed by atoms with E-state index >= 15 is 0 Å². The summed E-state index contributed by atoms with van der Waals surface area (Å²) in [6.45, 7) is 4.24. The van der Waals surface area contributed by atoms with Crippen molar-refractivity contribution in [2.24, 2.45) is 5.41 Å². The number of ketones is 1. The van der Waals surface area contributed by atoms with Crippen LogP contribution in [0.15, 0.2) is 0 Å². The zero-order chi connectivity index (χ0) is 9.94. The second-order valence-corrected chi connectivity index (χ2v) is 3.28. The molecule has 0 aliphatic heterocycles. The molecule has 1 N–H and O–H groups in total. The summed E-state index contributed by atoms with van der Waals surface area (Å²) in [6.07, 6.45) is -4.57. The van der Waals surface area contributed by atoms with Gasteiger partial charge in [-0.1, -0.05) is 20.8 Å². The Bertz CT molecular complexity index is 166. The molecule has 2 nitrogen and oxygen atoms in total. The van der Waals surface area contributed by atoms with Crippen LogP contribution in [0.1, 0.15) is 27.2 Å². The van der Waals surface area contributed by atoms with Crippen LogP contribution in [0, 0.1) is 5.41 Å². The second-order valence-electron chi connectivity index (χ2n) is 3.28. The highest BCUT2D eigenvalue weighted by Gasteiger charge is 2.39. The first kappa shape index (κ1) is 11.5. The van der Waals surface area contributed by atoms with E-state index in [4.69, 9.17) is 5.11 Å². The second kappa shape index (κ2) is 3.94. The molecule has 12 heavy (non-hydrogen) atoms. The van der Waals surface area contributed by atoms with E-state index < -0.39 is 17.9 Å². The Balaban J connectivity index is 4.48. The number of hydrogen-bond donors (Lipinski definition) is 1. The van der Waals surface area contributed by atoms with Gasteiger partial charge in [0.2, 0.25) is 0 Å². The molecule has 0 aliphatic carbocycles. The lowest BCUT2D eigenvalue weighted by molar-refractivity contribution is -0.141. The third-order valence-corrected chi connectivity index (χ3v) is 2.02. The number of Topliss-reactive ketones (excluding diaryl/α,β-unsaturated/α-hetero) is 1. The SMILES string of the molecule is CCC(=O)C(C)(C)C(O)C(F)F. The number of rotatable bonds is 4. The molecule has 0 spiro atoms. The van der Waals surface area contributed by atoms with Crippen LogP contribution in [0.2, 0.25) is 0 Å². The van der Waals surface area contributed by atoms with E-state index in [1.165, 1.54) is 13.8 Å². The average molecular weight is 180 g/mol. The normalized spacial score (nSPS) is 14.9. The van der Waals surface area contributed by atoms with Crippen LogP contribution in [0.3, 0.4) is 0 Å². The number of carbonyl (C=O) groups excluding carboxylic acids is 1. The zero-order valence-electron chi connectivity index (χ0n) is 7.47. The fraction of sp³-hybridized carbons (Fsp3) is 0.875. The summed E-state index contributed by atoms with van der Waals surface area (Å²) >= 11 is 0. The Morgan fingerprint density at radius 3 is 2.17 bits per heavy atom. The summed E-state index contributed by atoms with van der Waals surface area (Å²) in [5, 5.41) is 8.98. The van der Waals surface area contributed by atoms with Gasteiger partial charge in [0.05, 0.1) is 5.41 Å². The van der Waals surface area contributed by atoms with Gasteiger partial charge >= 0.3 is 0 Å². The summed E-state index contributed by atoms with van der Waals surface area (Å²) in [7, 11) is 0. The Labute approximate surface area is 70.6 Å². The molecule has 0 aromatic rings. The maximum atomic E-state index is 12.0. The summed E-state index contributed by atoms with van der Waals surface area (Å²) < 4.78 is 24.0. The third-order valence-electron chi connectivity index (χ3n) is 2.02. The number of alkyl halides is 2. The van der Waals surface area contributed by atoms with Crippen LogP contribution in [0.5, 0.6) is 0 Å². The minimum absolute atomic E-state index is 0.163. The molecule has 0 heterocycles. The predicted molar refractivity (Wildman–Crippen MR) is 41.1 cm³/mol. The third kappa shape index (κ3) is 2.24. The summed E-state index contributed by atoms with van der Waals surface area (Å²) in [5.41, 5.74) is -1.34. The summed E-state index contributed by atoms with van der Waals surface area (Å²) in [4.78, 5) is 11.1. The largest absolute Gasteiger partial charge is 0.386 e. The highest BCUT2D eigenvalue weighted by atomic mass is 19.3. The average Bonchev–Trinajstić information content (AvgIpc) is 2.01. The topological polar surface area (TPSA) is 37.3 Å². The predicted octanol–water partition coefficient (Wildman–Crippen LogP) is 1.62. The Hall–Kier alpha value is -0.510. The molecule has 0 aliphatic rings. The van der Waals surface area contributed by atoms with E-state index in [0.717, 1.165) is 0 Å². The van der Waals surface area contributed by atoms with E-state index in [0.29, 0.717) is 0 Å². The maximum Gasteiger partial charge on any atom is 0.265 e. The lowest BCUT2D eigenvalue weighted by Gasteiger charge is -2.27. The van der Waals surface area contributed by atoms with E-state index in [9.17, 15) is 13.6 Å². The Morgan fingerprint density at radius 2 is 1.92 bits per heavy atom. The first-order valence-corrected chi connectivity index (χ1v) is 3.83. The quantitative estimate of drug-likeness (QED) is 0.713. The van der Waals surface area contributed by atoms with Crippen LogP contribution in [-0.4, -0.2) is 23.4 Å². The molecule has 1 atom stereocenters. The molecule has 0 saturated heterocycles. The van der Waals surface area contributed by atoms with Crippen molar-refractivity contribution in [1.29, 1.82) is 0 Å². The molecule has 4 heteroatoms. The molecule has 0 fully saturated rings. The fourth-order valence-corrected chi connectivity index (χ4v) is 0.936. The summed E-state index contributed by atoms with van der Waals surface area (Å²) in [5.74, 6) is -0.352. The van der Waals surface area contributed by atoms with E-state index in [1.807, 2.05) is 0 Å². The van der Waals surface area contributed by atoms with Gasteiger partial charge in [-0.3, -0.25) is 4.79 Å². The van der Waals surface area contributed by atoms with Gasteiger partial charge in [-0.05, 0) is 0 Å². The van der Waals surface area contributed by atoms with Crippen LogP contribution in [0.4, 0.5) is 8.78 Å². The molecule has 0 aromatic carbocycles. The molecule has 0 aromatic heterocycles. The van der Waals surface area contributed by atoms with Gasteiger partial charge in [0.15, 0.2) is 0 Å². The van der Waals surface area contributed by atoms with E-state index in [-0.39, 0.29) is 12.2 Å². The Morgan fingerprint density at radius 1 is 1.50 bits per heavy atom. The minimum atomic E-state index is -2.87. The van der Waals surface area contributed by atoms with E-state index in [1.54, 1.807) is 6.92 Å². The molecule has 0 amide bonds. The van der Waals surface area contributed by atoms with Crippen molar-refractivity contribution in [2.75, 3.05) is 0 Å². The maximum absolute atomic E-state index is 12.0. The van der Waals surface area contributed by atoms with Gasteiger partial charge in [-0.25, -0.2) is 8.78 Å². The number of aliphatic hydroxyl groups is 1. The van der Waals surface area contributed by atoms with Crippen molar-refractivity contribution in [2.45, 2.75) is 39.7 Å². The van der Waals surface area contributed by atoms with Gasteiger partial charge in [0.25, 0.3) is 6.43 Å². The Kier molecular flexibility index (Phi) is 3.77. The highest BCUT2D eigenvalue weighted by molar-refractivity contribution is 5.84. The number of aliphatic hydroxyl groups excluding tert-OH is 1. The van der Waals surface area contributed by atoms with Crippen LogP contribution in [-0.2, 0) is 4.79 Å².